The van der Waals surface area contributed by atoms with Crippen LogP contribution in [0.25, 0.3) is 0 Å². The minimum absolute atomic E-state index is 0.0649. The summed E-state index contributed by atoms with van der Waals surface area (Å²) in [5, 5.41) is 11.9. The molecule has 0 saturated heterocycles. The standard InChI is InChI=1S/C16H22N2O3/c1-11(2)17-15(19)6-8-18-7-5-12-3-4-13(16(20)21)9-14(12)10-18/h3-4,9,11H,5-8,10H2,1-2H3,(H,17,19)(H,20,21). The molecule has 1 aromatic carbocycles. The molecular formula is C16H22N2O3. The molecule has 0 saturated carbocycles. The predicted octanol–water partition coefficient (Wildman–Crippen LogP) is 1.66. The SMILES string of the molecule is CC(C)NC(=O)CCN1CCc2ccc(C(=O)O)cc2C1. The Morgan fingerprint density at radius 3 is 2.76 bits per heavy atom. The van der Waals surface area contributed by atoms with Gasteiger partial charge in [-0.1, -0.05) is 6.07 Å². The van der Waals surface area contributed by atoms with Gasteiger partial charge in [-0.3, -0.25) is 9.69 Å². The summed E-state index contributed by atoms with van der Waals surface area (Å²) in [6.45, 7) is 6.22. The largest absolute Gasteiger partial charge is 0.478 e. The molecule has 1 aliphatic heterocycles. The molecular weight excluding hydrogens is 268 g/mol. The second-order valence-electron chi connectivity index (χ2n) is 5.79. The first-order chi connectivity index (χ1) is 9.95. The summed E-state index contributed by atoms with van der Waals surface area (Å²) in [7, 11) is 0. The van der Waals surface area contributed by atoms with Crippen LogP contribution in [-0.2, 0) is 17.8 Å². The number of carboxylic acid groups (broad SMARTS) is 1. The maximum atomic E-state index is 11.7. The van der Waals surface area contributed by atoms with Gasteiger partial charge in [0.1, 0.15) is 0 Å². The summed E-state index contributed by atoms with van der Waals surface area (Å²) < 4.78 is 0. The third-order valence-electron chi connectivity index (χ3n) is 3.65. The number of nitrogens with one attached hydrogen (secondary N) is 1. The third-order valence-corrected chi connectivity index (χ3v) is 3.65. The summed E-state index contributed by atoms with van der Waals surface area (Å²) >= 11 is 0. The van der Waals surface area contributed by atoms with E-state index in [1.807, 2.05) is 19.9 Å². The quantitative estimate of drug-likeness (QED) is 0.865. The molecule has 1 heterocycles. The molecule has 0 aliphatic carbocycles. The lowest BCUT2D eigenvalue weighted by molar-refractivity contribution is -0.121. The summed E-state index contributed by atoms with van der Waals surface area (Å²) in [5.74, 6) is -0.832. The van der Waals surface area contributed by atoms with Crippen LogP contribution in [0.3, 0.4) is 0 Å². The Bertz CT molecular complexity index is 540. The number of nitrogens with zero attached hydrogens (tertiary/aromatic N) is 1. The van der Waals surface area contributed by atoms with Crippen molar-refractivity contribution in [2.75, 3.05) is 13.1 Å². The van der Waals surface area contributed by atoms with Crippen LogP contribution in [0.4, 0.5) is 0 Å². The Morgan fingerprint density at radius 2 is 2.10 bits per heavy atom. The third kappa shape index (κ3) is 4.29. The van der Waals surface area contributed by atoms with E-state index in [1.54, 1.807) is 12.1 Å². The van der Waals surface area contributed by atoms with E-state index in [0.717, 1.165) is 18.5 Å². The van der Waals surface area contributed by atoms with Gasteiger partial charge in [0.25, 0.3) is 0 Å². The maximum Gasteiger partial charge on any atom is 0.335 e. The van der Waals surface area contributed by atoms with E-state index in [2.05, 4.69) is 10.2 Å². The molecule has 0 bridgehead atoms. The lowest BCUT2D eigenvalue weighted by Gasteiger charge is -2.28. The van der Waals surface area contributed by atoms with E-state index in [9.17, 15) is 9.59 Å². The molecule has 0 aromatic heterocycles. The first-order valence-corrected chi connectivity index (χ1v) is 7.32. The predicted molar refractivity (Wildman–Crippen MR) is 80.3 cm³/mol. The highest BCUT2D eigenvalue weighted by Gasteiger charge is 2.18. The molecule has 2 rings (SSSR count). The van der Waals surface area contributed by atoms with Crippen LogP contribution in [0.1, 0.15) is 41.8 Å². The zero-order chi connectivity index (χ0) is 15.4. The summed E-state index contributed by atoms with van der Waals surface area (Å²) in [6, 6.07) is 5.48. The highest BCUT2D eigenvalue weighted by molar-refractivity contribution is 5.87. The molecule has 0 radical (unpaired) electrons. The fourth-order valence-electron chi connectivity index (χ4n) is 2.59. The molecule has 1 aromatic rings. The van der Waals surface area contributed by atoms with Gasteiger partial charge in [0, 0.05) is 32.1 Å². The van der Waals surface area contributed by atoms with Crippen molar-refractivity contribution in [3.63, 3.8) is 0 Å². The lowest BCUT2D eigenvalue weighted by Crippen LogP contribution is -2.36. The van der Waals surface area contributed by atoms with Crippen LogP contribution in [0.5, 0.6) is 0 Å². The van der Waals surface area contributed by atoms with Crippen LogP contribution < -0.4 is 5.32 Å². The Kier molecular flexibility index (Phi) is 4.96. The van der Waals surface area contributed by atoms with Gasteiger partial charge >= 0.3 is 5.97 Å². The number of carbonyl (C=O) groups excluding carboxylic acids is 1. The fraction of sp³-hybridized carbons (Fsp3) is 0.500. The van der Waals surface area contributed by atoms with Gasteiger partial charge in [0.15, 0.2) is 0 Å². The van der Waals surface area contributed by atoms with E-state index in [-0.39, 0.29) is 11.9 Å². The van der Waals surface area contributed by atoms with Crippen LogP contribution >= 0.6 is 0 Å². The molecule has 5 nitrogen and oxygen atoms in total. The molecule has 0 unspecified atom stereocenters. The van der Waals surface area contributed by atoms with Crippen LogP contribution in [0, 0.1) is 0 Å². The van der Waals surface area contributed by atoms with Crippen molar-refractivity contribution >= 4 is 11.9 Å². The first-order valence-electron chi connectivity index (χ1n) is 7.32. The maximum absolute atomic E-state index is 11.7. The number of amides is 1. The molecule has 21 heavy (non-hydrogen) atoms. The highest BCUT2D eigenvalue weighted by atomic mass is 16.4. The topological polar surface area (TPSA) is 69.6 Å². The van der Waals surface area contributed by atoms with Gasteiger partial charge in [0.05, 0.1) is 5.56 Å². The van der Waals surface area contributed by atoms with Crippen molar-refractivity contribution in [2.24, 2.45) is 0 Å². The number of carboxylic acids is 1. The van der Waals surface area contributed by atoms with Gasteiger partial charge < -0.3 is 10.4 Å². The van der Waals surface area contributed by atoms with Gasteiger partial charge in [-0.2, -0.15) is 0 Å². The second-order valence-corrected chi connectivity index (χ2v) is 5.79. The minimum atomic E-state index is -0.897. The zero-order valence-electron chi connectivity index (χ0n) is 12.6. The average Bonchev–Trinajstić information content (AvgIpc) is 2.43. The van der Waals surface area contributed by atoms with Crippen molar-refractivity contribution in [1.82, 2.24) is 10.2 Å². The molecule has 0 atom stereocenters. The first kappa shape index (κ1) is 15.5. The molecule has 1 amide bonds. The van der Waals surface area contributed by atoms with Crippen LogP contribution in [-0.4, -0.2) is 41.0 Å². The highest BCUT2D eigenvalue weighted by Crippen LogP contribution is 2.20. The minimum Gasteiger partial charge on any atom is -0.478 e. The number of fused-ring (bicyclic) bond motifs is 1. The average molecular weight is 290 g/mol. The van der Waals surface area contributed by atoms with Crippen LogP contribution in [0.15, 0.2) is 18.2 Å². The van der Waals surface area contributed by atoms with E-state index in [1.165, 1.54) is 5.56 Å². The van der Waals surface area contributed by atoms with Crippen molar-refractivity contribution in [3.05, 3.63) is 34.9 Å². The molecule has 0 fully saturated rings. The van der Waals surface area contributed by atoms with E-state index in [4.69, 9.17) is 5.11 Å². The van der Waals surface area contributed by atoms with Gasteiger partial charge in [0.2, 0.25) is 5.91 Å². The molecule has 2 N–H and O–H groups in total. The normalized spacial score (nSPS) is 14.8. The Morgan fingerprint density at radius 1 is 1.33 bits per heavy atom. The zero-order valence-corrected chi connectivity index (χ0v) is 12.6. The van der Waals surface area contributed by atoms with Crippen molar-refractivity contribution in [3.8, 4) is 0 Å². The molecule has 0 spiro atoms. The Balaban J connectivity index is 1.94. The van der Waals surface area contributed by atoms with Crippen molar-refractivity contribution in [2.45, 2.75) is 39.3 Å². The number of hydrogen-bond donors (Lipinski definition) is 2. The summed E-state index contributed by atoms with van der Waals surface area (Å²) in [5.41, 5.74) is 2.60. The second kappa shape index (κ2) is 6.72. The number of rotatable bonds is 5. The lowest BCUT2D eigenvalue weighted by atomic mass is 9.97. The van der Waals surface area contributed by atoms with Crippen molar-refractivity contribution < 1.29 is 14.7 Å². The van der Waals surface area contributed by atoms with Gasteiger partial charge in [-0.05, 0) is 43.5 Å². The van der Waals surface area contributed by atoms with Gasteiger partial charge in [-0.25, -0.2) is 4.79 Å². The van der Waals surface area contributed by atoms with Crippen molar-refractivity contribution in [1.29, 1.82) is 0 Å². The van der Waals surface area contributed by atoms with Gasteiger partial charge in [-0.15, -0.1) is 0 Å². The van der Waals surface area contributed by atoms with E-state index in [0.29, 0.717) is 25.1 Å². The van der Waals surface area contributed by atoms with Crippen LogP contribution in [0.2, 0.25) is 0 Å². The number of aromatic carboxylic acids is 1. The fourth-order valence-corrected chi connectivity index (χ4v) is 2.59. The number of hydrogen-bond acceptors (Lipinski definition) is 3. The number of carbonyl (C=O) groups is 2. The number of benzene rings is 1. The smallest absolute Gasteiger partial charge is 0.335 e. The molecule has 1 aliphatic rings. The Hall–Kier alpha value is -1.88. The van der Waals surface area contributed by atoms with E-state index >= 15 is 0 Å². The van der Waals surface area contributed by atoms with E-state index < -0.39 is 5.97 Å². The summed E-state index contributed by atoms with van der Waals surface area (Å²) in [4.78, 5) is 24.9. The monoisotopic (exact) mass is 290 g/mol. The molecule has 114 valence electrons. The Labute approximate surface area is 125 Å². The summed E-state index contributed by atoms with van der Waals surface area (Å²) in [6.07, 6.45) is 1.38. The molecule has 5 heteroatoms.